The van der Waals surface area contributed by atoms with Gasteiger partial charge in [-0.05, 0) is 77.9 Å². The highest BCUT2D eigenvalue weighted by molar-refractivity contribution is 8.14. The summed E-state index contributed by atoms with van der Waals surface area (Å²) in [4.78, 5) is 31.2. The Labute approximate surface area is 316 Å². The van der Waals surface area contributed by atoms with Crippen LogP contribution in [-0.4, -0.2) is 52.2 Å². The second kappa shape index (κ2) is 23.8. The number of aliphatic imine (C=N–C) groups is 1. The summed E-state index contributed by atoms with van der Waals surface area (Å²) in [7, 11) is 0. The maximum Gasteiger partial charge on any atom is 0.192 e. The van der Waals surface area contributed by atoms with E-state index in [1.165, 1.54) is 15.5 Å². The van der Waals surface area contributed by atoms with E-state index in [4.69, 9.17) is 4.42 Å². The van der Waals surface area contributed by atoms with E-state index in [2.05, 4.69) is 52.9 Å². The minimum absolute atomic E-state index is 0.723. The quantitative estimate of drug-likeness (QED) is 0.162. The van der Waals surface area contributed by atoms with E-state index in [1.807, 2.05) is 130 Å². The number of imidazole rings is 1. The first kappa shape index (κ1) is 40.9. The van der Waals surface area contributed by atoms with Crippen molar-refractivity contribution in [3.63, 3.8) is 0 Å². The molecular weight excluding hydrogens is 713 g/mol. The second-order valence-corrected chi connectivity index (χ2v) is 14.8. The molecule has 1 N–H and O–H groups in total. The number of aromatic nitrogens is 7. The number of fused-ring (bicyclic) bond motifs is 2. The summed E-state index contributed by atoms with van der Waals surface area (Å²) < 4.78 is 6.53. The molecule has 0 aliphatic carbocycles. The summed E-state index contributed by atoms with van der Waals surface area (Å²) in [6, 6.07) is 21.8. The predicted octanol–water partition coefficient (Wildman–Crippen LogP) is 10.9. The molecule has 9 nitrogen and oxygen atoms in total. The summed E-state index contributed by atoms with van der Waals surface area (Å²) in [5.74, 6) is 2.89. The number of hydrogen-bond donors (Lipinski definition) is 1. The molecule has 6 aromatic heterocycles. The number of nitrogens with zero attached hydrogens (tertiary/aromatic N) is 7. The van der Waals surface area contributed by atoms with E-state index in [1.54, 1.807) is 58.8 Å². The molecule has 13 heteroatoms. The van der Waals surface area contributed by atoms with Gasteiger partial charge in [0.25, 0.3) is 0 Å². The van der Waals surface area contributed by atoms with Gasteiger partial charge in [-0.1, -0.05) is 30.3 Å². The van der Waals surface area contributed by atoms with Crippen molar-refractivity contribution < 1.29 is 4.42 Å². The lowest BCUT2D eigenvalue weighted by atomic mass is 10.3. The number of para-hydroxylation sites is 3. The summed E-state index contributed by atoms with van der Waals surface area (Å²) in [6.45, 7) is 14.8. The van der Waals surface area contributed by atoms with Gasteiger partial charge in [0.2, 0.25) is 0 Å². The Balaban J connectivity index is 0.000000163. The average molecular weight is 757 g/mol. The van der Waals surface area contributed by atoms with Crippen LogP contribution in [0.3, 0.4) is 0 Å². The molecule has 0 atom stereocenters. The van der Waals surface area contributed by atoms with E-state index in [0.717, 1.165) is 56.3 Å². The molecular formula is C38H44N8OS4. The van der Waals surface area contributed by atoms with Crippen LogP contribution in [0.2, 0.25) is 0 Å². The van der Waals surface area contributed by atoms with Gasteiger partial charge in [0.15, 0.2) is 11.5 Å². The number of pyridine rings is 1. The van der Waals surface area contributed by atoms with Crippen molar-refractivity contribution in [3.8, 4) is 0 Å². The fourth-order valence-corrected chi connectivity index (χ4v) is 6.25. The number of thiazole rings is 3. The van der Waals surface area contributed by atoms with Crippen LogP contribution < -0.4 is 0 Å². The van der Waals surface area contributed by atoms with Crippen LogP contribution in [0, 0.1) is 41.5 Å². The number of rotatable bonds is 0. The van der Waals surface area contributed by atoms with Gasteiger partial charge in [-0.25, -0.2) is 15.0 Å². The molecule has 0 saturated heterocycles. The zero-order chi connectivity index (χ0) is 36.7. The number of hydrogen-bond acceptors (Lipinski definition) is 12. The topological polar surface area (TPSA) is 119 Å². The third-order valence-corrected chi connectivity index (χ3v) is 9.39. The summed E-state index contributed by atoms with van der Waals surface area (Å²) in [5.41, 5.74) is 6.92. The molecule has 266 valence electrons. The highest BCUT2D eigenvalue weighted by atomic mass is 32.2. The Bertz CT molecular complexity index is 1840. The number of nitrogens with one attached hydrogen (secondary N) is 1. The van der Waals surface area contributed by atoms with Crippen molar-refractivity contribution in [2.75, 3.05) is 12.3 Å². The van der Waals surface area contributed by atoms with E-state index >= 15 is 0 Å². The highest BCUT2D eigenvalue weighted by Gasteiger charge is 1.98. The Hall–Kier alpha value is -4.56. The van der Waals surface area contributed by atoms with E-state index in [0.29, 0.717) is 0 Å². The van der Waals surface area contributed by atoms with E-state index in [-0.39, 0.29) is 0 Å². The van der Waals surface area contributed by atoms with Crippen molar-refractivity contribution in [1.82, 2.24) is 34.9 Å². The zero-order valence-corrected chi connectivity index (χ0v) is 33.2. The standard InChI is InChI=1S/C8H7NO.C8H7NS.C6H7N.C4H6N2.C4H5NS.C4H7NS.C4H5NS/c2*1-6-9-7-4-2-3-5-8(7)10-6;1-6-4-2-3-5-7-6;1-4-5-2-3-6-4;1-4-2-6-3-5-4;2*1-4-5-2-3-6-4/h2*2-5H,1H3;2-5H,1H3;2-3H,1H3,(H,5,6);2-3H,1H3;2-3H2,1H3;2-3H,1H3. The number of aryl methyl sites for hydroxylation is 6. The smallest absolute Gasteiger partial charge is 0.192 e. The highest BCUT2D eigenvalue weighted by Crippen LogP contribution is 2.20. The van der Waals surface area contributed by atoms with Gasteiger partial charge in [0.1, 0.15) is 11.3 Å². The number of aromatic amines is 1. The number of oxazole rings is 1. The molecule has 2 aromatic carbocycles. The van der Waals surface area contributed by atoms with E-state index < -0.39 is 0 Å². The SMILES string of the molecule is CC1=NCCS1.Cc1ccccn1.Cc1cscn1.Cc1nc2ccccc2o1.Cc1nc2ccccc2s1.Cc1ncc[nH]1.Cc1nccs1. The summed E-state index contributed by atoms with van der Waals surface area (Å²) >= 11 is 6.88. The van der Waals surface area contributed by atoms with Gasteiger partial charge < -0.3 is 9.40 Å². The Morgan fingerprint density at radius 2 is 1.45 bits per heavy atom. The van der Waals surface area contributed by atoms with Gasteiger partial charge in [0.05, 0.1) is 30.8 Å². The molecule has 0 bridgehead atoms. The molecule has 1 aliphatic heterocycles. The number of thioether (sulfide) groups is 1. The zero-order valence-electron chi connectivity index (χ0n) is 30.0. The molecule has 51 heavy (non-hydrogen) atoms. The largest absolute Gasteiger partial charge is 0.441 e. The lowest BCUT2D eigenvalue weighted by Crippen LogP contribution is -1.72. The second-order valence-electron chi connectivity index (χ2n) is 10.5. The third-order valence-electron chi connectivity index (χ3n) is 6.10. The fraction of sp³-hybridized carbons (Fsp3) is 0.237. The molecule has 0 saturated carbocycles. The van der Waals surface area contributed by atoms with Crippen LogP contribution in [0.5, 0.6) is 0 Å². The molecule has 0 fully saturated rings. The van der Waals surface area contributed by atoms with Crippen LogP contribution in [0.25, 0.3) is 21.3 Å². The average Bonchev–Trinajstić information content (AvgIpc) is 3.98. The Kier molecular flexibility index (Phi) is 19.0. The molecule has 0 spiro atoms. The first-order chi connectivity index (χ1) is 24.7. The maximum atomic E-state index is 5.26. The van der Waals surface area contributed by atoms with Crippen LogP contribution in [-0.2, 0) is 0 Å². The first-order valence-electron chi connectivity index (χ1n) is 16.0. The minimum Gasteiger partial charge on any atom is -0.441 e. The van der Waals surface area contributed by atoms with Crippen molar-refractivity contribution in [2.45, 2.75) is 48.5 Å². The van der Waals surface area contributed by atoms with Gasteiger partial charge in [0, 0.05) is 66.2 Å². The van der Waals surface area contributed by atoms with Gasteiger partial charge in [-0.15, -0.1) is 45.8 Å². The Morgan fingerprint density at radius 1 is 0.686 bits per heavy atom. The third kappa shape index (κ3) is 17.8. The molecule has 7 heterocycles. The predicted molar refractivity (Wildman–Crippen MR) is 220 cm³/mol. The molecule has 8 aromatic rings. The van der Waals surface area contributed by atoms with Crippen LogP contribution >= 0.6 is 45.8 Å². The van der Waals surface area contributed by atoms with Crippen LogP contribution in [0.15, 0.2) is 117 Å². The van der Waals surface area contributed by atoms with Crippen molar-refractivity contribution in [3.05, 3.63) is 141 Å². The first-order valence-corrected chi connectivity index (χ1v) is 19.6. The van der Waals surface area contributed by atoms with E-state index in [9.17, 15) is 0 Å². The van der Waals surface area contributed by atoms with Gasteiger partial charge in [-0.3, -0.25) is 19.9 Å². The molecule has 0 unspecified atom stereocenters. The molecule has 0 radical (unpaired) electrons. The summed E-state index contributed by atoms with van der Waals surface area (Å²) in [6.07, 6.45) is 7.12. The Morgan fingerprint density at radius 3 is 1.86 bits per heavy atom. The number of benzene rings is 2. The lowest BCUT2D eigenvalue weighted by Gasteiger charge is -1.82. The molecule has 9 rings (SSSR count). The maximum absolute atomic E-state index is 5.26. The lowest BCUT2D eigenvalue weighted by molar-refractivity contribution is 0.561. The molecule has 1 aliphatic rings. The van der Waals surface area contributed by atoms with Crippen molar-refractivity contribution in [1.29, 1.82) is 0 Å². The fourth-order valence-electron chi connectivity index (χ4n) is 3.78. The van der Waals surface area contributed by atoms with Crippen LogP contribution in [0.1, 0.15) is 40.0 Å². The van der Waals surface area contributed by atoms with Gasteiger partial charge in [-0.2, -0.15) is 0 Å². The summed E-state index contributed by atoms with van der Waals surface area (Å²) in [5, 5.41) is 7.50. The monoisotopic (exact) mass is 756 g/mol. The van der Waals surface area contributed by atoms with Crippen LogP contribution in [0.4, 0.5) is 0 Å². The van der Waals surface area contributed by atoms with Crippen molar-refractivity contribution >= 4 is 72.1 Å². The normalized spacial score (nSPS) is 10.9. The minimum atomic E-state index is 0.723. The number of H-pyrrole nitrogens is 1. The molecule has 0 amide bonds. The van der Waals surface area contributed by atoms with Gasteiger partial charge >= 0.3 is 0 Å². The van der Waals surface area contributed by atoms with Crippen molar-refractivity contribution in [2.24, 2.45) is 4.99 Å².